The molecule has 134 valence electrons. The number of hydrogen-bond acceptors (Lipinski definition) is 3. The highest BCUT2D eigenvalue weighted by atomic mass is 79.9. The van der Waals surface area contributed by atoms with Gasteiger partial charge in [0, 0.05) is 36.6 Å². The fraction of sp³-hybridized carbons (Fsp3) is 0.632. The second kappa shape index (κ2) is 10.9. The number of nitrogens with zero attached hydrogens (tertiary/aromatic N) is 1. The summed E-state index contributed by atoms with van der Waals surface area (Å²) >= 11 is 3.47. The summed E-state index contributed by atoms with van der Waals surface area (Å²) in [5, 5.41) is 3.21. The van der Waals surface area contributed by atoms with Gasteiger partial charge in [-0.15, -0.1) is 0 Å². The molecule has 1 fully saturated rings. The fourth-order valence-corrected chi connectivity index (χ4v) is 3.43. The van der Waals surface area contributed by atoms with Gasteiger partial charge in [0.1, 0.15) is 0 Å². The van der Waals surface area contributed by atoms with E-state index < -0.39 is 0 Å². The van der Waals surface area contributed by atoms with E-state index in [2.05, 4.69) is 50.4 Å². The number of likely N-dealkylation sites (tertiary alicyclic amines) is 1. The molecule has 1 amide bonds. The van der Waals surface area contributed by atoms with E-state index in [0.29, 0.717) is 12.5 Å². The minimum atomic E-state index is 0.217. The summed E-state index contributed by atoms with van der Waals surface area (Å²) in [7, 11) is 0. The van der Waals surface area contributed by atoms with Crippen molar-refractivity contribution in [1.29, 1.82) is 0 Å². The van der Waals surface area contributed by atoms with E-state index in [1.165, 1.54) is 5.56 Å². The van der Waals surface area contributed by atoms with Crippen molar-refractivity contribution >= 4 is 21.8 Å². The van der Waals surface area contributed by atoms with E-state index in [4.69, 9.17) is 5.73 Å². The number of amides is 1. The molecule has 1 aliphatic heterocycles. The molecule has 1 aromatic rings. The molecular weight excluding hydrogens is 366 g/mol. The van der Waals surface area contributed by atoms with E-state index in [0.717, 1.165) is 69.2 Å². The first-order valence-electron chi connectivity index (χ1n) is 9.13. The normalized spacial score (nSPS) is 16.2. The Hall–Kier alpha value is -0.910. The molecule has 0 bridgehead atoms. The van der Waals surface area contributed by atoms with Crippen molar-refractivity contribution in [2.24, 2.45) is 5.73 Å². The van der Waals surface area contributed by atoms with Crippen molar-refractivity contribution < 1.29 is 4.79 Å². The van der Waals surface area contributed by atoms with Gasteiger partial charge in [-0.25, -0.2) is 0 Å². The molecule has 0 radical (unpaired) electrons. The van der Waals surface area contributed by atoms with E-state index in [-0.39, 0.29) is 5.91 Å². The van der Waals surface area contributed by atoms with Gasteiger partial charge in [0.2, 0.25) is 5.91 Å². The van der Waals surface area contributed by atoms with E-state index in [1.54, 1.807) is 0 Å². The summed E-state index contributed by atoms with van der Waals surface area (Å²) in [6, 6.07) is 8.87. The van der Waals surface area contributed by atoms with Crippen LogP contribution in [0, 0.1) is 0 Å². The van der Waals surface area contributed by atoms with Crippen molar-refractivity contribution in [2.45, 2.75) is 57.5 Å². The minimum Gasteiger partial charge on any atom is -0.353 e. The van der Waals surface area contributed by atoms with Gasteiger partial charge < -0.3 is 11.1 Å². The van der Waals surface area contributed by atoms with Crippen molar-refractivity contribution in [1.82, 2.24) is 10.2 Å². The highest BCUT2D eigenvalue weighted by Gasteiger charge is 2.20. The number of hydrogen-bond donors (Lipinski definition) is 2. The monoisotopic (exact) mass is 395 g/mol. The second-order valence-corrected chi connectivity index (χ2v) is 7.61. The highest BCUT2D eigenvalue weighted by Crippen LogP contribution is 2.16. The Bertz CT molecular complexity index is 484. The summed E-state index contributed by atoms with van der Waals surface area (Å²) in [5.41, 5.74) is 6.82. The molecule has 0 unspecified atom stereocenters. The molecule has 24 heavy (non-hydrogen) atoms. The van der Waals surface area contributed by atoms with Gasteiger partial charge in [-0.2, -0.15) is 0 Å². The molecule has 5 heteroatoms. The lowest BCUT2D eigenvalue weighted by atomic mass is 10.0. The van der Waals surface area contributed by atoms with Crippen LogP contribution in [0.1, 0.15) is 50.5 Å². The molecule has 1 saturated heterocycles. The van der Waals surface area contributed by atoms with Crippen LogP contribution >= 0.6 is 15.9 Å². The van der Waals surface area contributed by atoms with Crippen LogP contribution < -0.4 is 11.1 Å². The molecule has 2 rings (SSSR count). The molecule has 4 nitrogen and oxygen atoms in total. The van der Waals surface area contributed by atoms with Crippen molar-refractivity contribution in [2.75, 3.05) is 19.6 Å². The summed E-state index contributed by atoms with van der Waals surface area (Å²) in [5.74, 6) is 0.217. The Kier molecular flexibility index (Phi) is 8.78. The number of rotatable bonds is 9. The molecule has 0 aromatic heterocycles. The summed E-state index contributed by atoms with van der Waals surface area (Å²) in [6.45, 7) is 3.86. The average Bonchev–Trinajstić information content (AvgIpc) is 2.58. The third kappa shape index (κ3) is 7.32. The lowest BCUT2D eigenvalue weighted by Gasteiger charge is -2.32. The van der Waals surface area contributed by atoms with Gasteiger partial charge in [0.25, 0.3) is 0 Å². The summed E-state index contributed by atoms with van der Waals surface area (Å²) in [6.07, 6.45) is 7.05. The SMILES string of the molecule is NCCCCCCC(=O)NC1CCN(Cc2ccc(Br)cc2)CC1. The number of unbranched alkanes of at least 4 members (excludes halogenated alkanes) is 3. The summed E-state index contributed by atoms with van der Waals surface area (Å²) in [4.78, 5) is 14.5. The second-order valence-electron chi connectivity index (χ2n) is 6.70. The fourth-order valence-electron chi connectivity index (χ4n) is 3.17. The van der Waals surface area contributed by atoms with Crippen LogP contribution in [0.4, 0.5) is 0 Å². The third-order valence-electron chi connectivity index (χ3n) is 4.63. The van der Waals surface area contributed by atoms with Crippen LogP contribution in [0.2, 0.25) is 0 Å². The Labute approximate surface area is 154 Å². The van der Waals surface area contributed by atoms with Gasteiger partial charge >= 0.3 is 0 Å². The zero-order chi connectivity index (χ0) is 17.2. The highest BCUT2D eigenvalue weighted by molar-refractivity contribution is 9.10. The van der Waals surface area contributed by atoms with Gasteiger partial charge in [0.05, 0.1) is 0 Å². The van der Waals surface area contributed by atoms with Crippen LogP contribution in [0.25, 0.3) is 0 Å². The largest absolute Gasteiger partial charge is 0.353 e. The number of nitrogens with one attached hydrogen (secondary N) is 1. The average molecular weight is 396 g/mol. The van der Waals surface area contributed by atoms with E-state index in [1.807, 2.05) is 0 Å². The maximum atomic E-state index is 12.0. The molecule has 0 aliphatic carbocycles. The molecule has 0 atom stereocenters. The Morgan fingerprint density at radius 2 is 1.79 bits per heavy atom. The maximum Gasteiger partial charge on any atom is 0.220 e. The minimum absolute atomic E-state index is 0.217. The van der Waals surface area contributed by atoms with Gasteiger partial charge in [-0.1, -0.05) is 40.9 Å². The lowest BCUT2D eigenvalue weighted by Crippen LogP contribution is -2.44. The van der Waals surface area contributed by atoms with Crippen LogP contribution in [0.5, 0.6) is 0 Å². The maximum absolute atomic E-state index is 12.0. The van der Waals surface area contributed by atoms with Crippen LogP contribution in [0.15, 0.2) is 28.7 Å². The Morgan fingerprint density at radius 3 is 2.46 bits per heavy atom. The molecule has 1 aliphatic rings. The predicted molar refractivity (Wildman–Crippen MR) is 103 cm³/mol. The lowest BCUT2D eigenvalue weighted by molar-refractivity contribution is -0.122. The van der Waals surface area contributed by atoms with Crippen LogP contribution in [-0.2, 0) is 11.3 Å². The quantitative estimate of drug-likeness (QED) is 0.629. The molecule has 3 N–H and O–H groups in total. The molecule has 0 saturated carbocycles. The standard InChI is InChI=1S/C19H30BrN3O/c20-17-8-6-16(7-9-17)15-23-13-10-18(11-14-23)22-19(24)5-3-1-2-4-12-21/h6-9,18H,1-5,10-15,21H2,(H,22,24). The smallest absolute Gasteiger partial charge is 0.220 e. The molecular formula is C19H30BrN3O. The number of benzene rings is 1. The van der Waals surface area contributed by atoms with Gasteiger partial charge in [-0.3, -0.25) is 9.69 Å². The number of halogens is 1. The Balaban J connectivity index is 1.60. The van der Waals surface area contributed by atoms with Crippen molar-refractivity contribution in [3.8, 4) is 0 Å². The number of piperidine rings is 1. The number of nitrogens with two attached hydrogens (primary N) is 1. The topological polar surface area (TPSA) is 58.4 Å². The number of carbonyl (C=O) groups is 1. The predicted octanol–water partition coefficient (Wildman–Crippen LogP) is 3.44. The first-order chi connectivity index (χ1) is 11.7. The van der Waals surface area contributed by atoms with Crippen molar-refractivity contribution in [3.63, 3.8) is 0 Å². The van der Waals surface area contributed by atoms with E-state index >= 15 is 0 Å². The van der Waals surface area contributed by atoms with Crippen molar-refractivity contribution in [3.05, 3.63) is 34.3 Å². The zero-order valence-corrected chi connectivity index (χ0v) is 16.1. The molecule has 1 heterocycles. The number of carbonyl (C=O) groups excluding carboxylic acids is 1. The molecule has 0 spiro atoms. The Morgan fingerprint density at radius 1 is 1.12 bits per heavy atom. The third-order valence-corrected chi connectivity index (χ3v) is 5.16. The van der Waals surface area contributed by atoms with Gasteiger partial charge in [0.15, 0.2) is 0 Å². The summed E-state index contributed by atoms with van der Waals surface area (Å²) < 4.78 is 1.12. The molecule has 1 aromatic carbocycles. The first kappa shape index (κ1) is 19.4. The zero-order valence-electron chi connectivity index (χ0n) is 14.5. The van der Waals surface area contributed by atoms with Gasteiger partial charge in [-0.05, 0) is 49.9 Å². The van der Waals surface area contributed by atoms with Crippen LogP contribution in [0.3, 0.4) is 0 Å². The van der Waals surface area contributed by atoms with Crippen LogP contribution in [-0.4, -0.2) is 36.5 Å². The van der Waals surface area contributed by atoms with E-state index in [9.17, 15) is 4.79 Å². The first-order valence-corrected chi connectivity index (χ1v) is 9.93.